The number of aromatic nitrogens is 2. The van der Waals surface area contributed by atoms with E-state index in [1.165, 1.54) is 0 Å². The molecule has 1 atom stereocenters. The van der Waals surface area contributed by atoms with Crippen LogP contribution in [0.25, 0.3) is 0 Å². The number of amides is 1. The number of ether oxygens (including phenoxy) is 2. The number of hydrogen-bond donors (Lipinski definition) is 1. The van der Waals surface area contributed by atoms with Crippen LogP contribution >= 0.6 is 11.3 Å². The van der Waals surface area contributed by atoms with Gasteiger partial charge in [0.05, 0.1) is 5.01 Å². The van der Waals surface area contributed by atoms with Crippen LogP contribution in [0.4, 0.5) is 0 Å². The van der Waals surface area contributed by atoms with Crippen LogP contribution < -0.4 is 14.8 Å². The van der Waals surface area contributed by atoms with E-state index >= 15 is 0 Å². The molecule has 2 heterocycles. The Labute approximate surface area is 155 Å². The first kappa shape index (κ1) is 17.9. The SMILES string of the molecule is CC(CNC(=O)COc1ccc(Oc2ccccn2)cc1)c1nccs1. The van der Waals surface area contributed by atoms with Gasteiger partial charge in [-0.3, -0.25) is 4.79 Å². The molecular formula is C19H19N3O3S. The summed E-state index contributed by atoms with van der Waals surface area (Å²) in [7, 11) is 0. The molecular weight excluding hydrogens is 350 g/mol. The maximum Gasteiger partial charge on any atom is 0.257 e. The van der Waals surface area contributed by atoms with Crippen LogP contribution in [-0.4, -0.2) is 29.0 Å². The molecule has 3 aromatic rings. The van der Waals surface area contributed by atoms with Crippen molar-refractivity contribution in [2.24, 2.45) is 0 Å². The lowest BCUT2D eigenvalue weighted by Crippen LogP contribution is -2.31. The standard InChI is InChI=1S/C19H19N3O3S/c1-14(19-21-10-11-26-19)12-22-17(23)13-24-15-5-7-16(8-6-15)25-18-4-2-3-9-20-18/h2-11,14H,12-13H2,1H3,(H,22,23). The van der Waals surface area contributed by atoms with E-state index in [0.717, 1.165) is 5.01 Å². The average Bonchev–Trinajstić information content (AvgIpc) is 3.21. The van der Waals surface area contributed by atoms with Gasteiger partial charge in [-0.25, -0.2) is 9.97 Å². The van der Waals surface area contributed by atoms with Crippen LogP contribution in [0.1, 0.15) is 17.8 Å². The molecule has 1 N–H and O–H groups in total. The Morgan fingerprint density at radius 1 is 1.12 bits per heavy atom. The summed E-state index contributed by atoms with van der Waals surface area (Å²) in [4.78, 5) is 20.3. The number of benzene rings is 1. The normalized spacial score (nSPS) is 11.6. The Kier molecular flexibility index (Phi) is 6.16. The van der Waals surface area contributed by atoms with Crippen LogP contribution in [0.2, 0.25) is 0 Å². The van der Waals surface area contributed by atoms with Crippen molar-refractivity contribution >= 4 is 17.2 Å². The van der Waals surface area contributed by atoms with E-state index < -0.39 is 0 Å². The number of nitrogens with zero attached hydrogens (tertiary/aromatic N) is 2. The largest absolute Gasteiger partial charge is 0.484 e. The van der Waals surface area contributed by atoms with Crippen molar-refractivity contribution in [2.45, 2.75) is 12.8 Å². The fourth-order valence-electron chi connectivity index (χ4n) is 2.16. The Morgan fingerprint density at radius 2 is 1.92 bits per heavy atom. The molecule has 0 spiro atoms. The molecule has 0 saturated heterocycles. The minimum atomic E-state index is -0.165. The van der Waals surface area contributed by atoms with E-state index in [1.54, 1.807) is 54.1 Å². The van der Waals surface area contributed by atoms with Gasteiger partial charge in [-0.1, -0.05) is 13.0 Å². The lowest BCUT2D eigenvalue weighted by Gasteiger charge is -2.11. The van der Waals surface area contributed by atoms with E-state index in [4.69, 9.17) is 9.47 Å². The molecule has 26 heavy (non-hydrogen) atoms. The van der Waals surface area contributed by atoms with Crippen molar-refractivity contribution in [1.29, 1.82) is 0 Å². The monoisotopic (exact) mass is 369 g/mol. The molecule has 1 unspecified atom stereocenters. The van der Waals surface area contributed by atoms with E-state index in [2.05, 4.69) is 15.3 Å². The minimum absolute atomic E-state index is 0.0367. The van der Waals surface area contributed by atoms with Gasteiger partial charge in [0, 0.05) is 36.3 Å². The molecule has 0 aliphatic rings. The fraction of sp³-hybridized carbons (Fsp3) is 0.211. The van der Waals surface area contributed by atoms with Crippen LogP contribution in [0.15, 0.2) is 60.2 Å². The predicted molar refractivity (Wildman–Crippen MR) is 99.8 cm³/mol. The third-order valence-corrected chi connectivity index (χ3v) is 4.54. The molecule has 0 aliphatic heterocycles. The summed E-state index contributed by atoms with van der Waals surface area (Å²) in [5.74, 6) is 1.79. The van der Waals surface area contributed by atoms with E-state index in [-0.39, 0.29) is 18.4 Å². The Bertz CT molecular complexity index is 808. The average molecular weight is 369 g/mol. The second kappa shape index (κ2) is 8.96. The number of pyridine rings is 1. The zero-order valence-electron chi connectivity index (χ0n) is 14.3. The molecule has 3 rings (SSSR count). The van der Waals surface area contributed by atoms with Gasteiger partial charge < -0.3 is 14.8 Å². The van der Waals surface area contributed by atoms with Crippen molar-refractivity contribution in [1.82, 2.24) is 15.3 Å². The van der Waals surface area contributed by atoms with Crippen LogP contribution in [0, 0.1) is 0 Å². The fourth-order valence-corrected chi connectivity index (χ4v) is 2.86. The zero-order chi connectivity index (χ0) is 18.2. The maximum absolute atomic E-state index is 11.9. The van der Waals surface area contributed by atoms with Gasteiger partial charge >= 0.3 is 0 Å². The van der Waals surface area contributed by atoms with Gasteiger partial charge in [0.15, 0.2) is 6.61 Å². The molecule has 1 amide bonds. The van der Waals surface area contributed by atoms with Gasteiger partial charge in [0.25, 0.3) is 5.91 Å². The molecule has 2 aromatic heterocycles. The molecule has 0 aliphatic carbocycles. The summed E-state index contributed by atoms with van der Waals surface area (Å²) in [6, 6.07) is 12.5. The molecule has 1 aromatic carbocycles. The summed E-state index contributed by atoms with van der Waals surface area (Å²) in [5.41, 5.74) is 0. The van der Waals surface area contributed by atoms with Crippen molar-refractivity contribution < 1.29 is 14.3 Å². The van der Waals surface area contributed by atoms with Gasteiger partial charge in [-0.15, -0.1) is 11.3 Å². The highest BCUT2D eigenvalue weighted by Crippen LogP contribution is 2.22. The lowest BCUT2D eigenvalue weighted by molar-refractivity contribution is -0.123. The Balaban J connectivity index is 1.42. The molecule has 6 nitrogen and oxygen atoms in total. The Hall–Kier alpha value is -2.93. The predicted octanol–water partition coefficient (Wildman–Crippen LogP) is 3.63. The first-order chi connectivity index (χ1) is 12.7. The number of thiazole rings is 1. The van der Waals surface area contributed by atoms with Crippen molar-refractivity contribution in [3.8, 4) is 17.4 Å². The highest BCUT2D eigenvalue weighted by molar-refractivity contribution is 7.09. The third-order valence-electron chi connectivity index (χ3n) is 3.53. The molecule has 7 heteroatoms. The Morgan fingerprint density at radius 3 is 2.62 bits per heavy atom. The number of hydrogen-bond acceptors (Lipinski definition) is 6. The summed E-state index contributed by atoms with van der Waals surface area (Å²) in [6.45, 7) is 2.53. The summed E-state index contributed by atoms with van der Waals surface area (Å²) < 4.78 is 11.1. The maximum atomic E-state index is 11.9. The van der Waals surface area contributed by atoms with E-state index in [1.807, 2.05) is 24.4 Å². The molecule has 0 saturated carbocycles. The number of nitrogens with one attached hydrogen (secondary N) is 1. The van der Waals surface area contributed by atoms with Crippen molar-refractivity contribution in [2.75, 3.05) is 13.2 Å². The van der Waals surface area contributed by atoms with Crippen LogP contribution in [-0.2, 0) is 4.79 Å². The number of carbonyl (C=O) groups excluding carboxylic acids is 1. The second-order valence-corrected chi connectivity index (χ2v) is 6.53. The first-order valence-electron chi connectivity index (χ1n) is 8.18. The van der Waals surface area contributed by atoms with Gasteiger partial charge in [-0.2, -0.15) is 0 Å². The van der Waals surface area contributed by atoms with Crippen molar-refractivity contribution in [3.05, 3.63) is 65.2 Å². The van der Waals surface area contributed by atoms with E-state index in [0.29, 0.717) is 23.9 Å². The zero-order valence-corrected chi connectivity index (χ0v) is 15.1. The number of carbonyl (C=O) groups is 1. The van der Waals surface area contributed by atoms with Crippen LogP contribution in [0.3, 0.4) is 0 Å². The summed E-state index contributed by atoms with van der Waals surface area (Å²) in [6.07, 6.45) is 3.43. The van der Waals surface area contributed by atoms with Gasteiger partial charge in [-0.05, 0) is 30.3 Å². The topological polar surface area (TPSA) is 73.3 Å². The first-order valence-corrected chi connectivity index (χ1v) is 9.06. The van der Waals surface area contributed by atoms with Crippen molar-refractivity contribution in [3.63, 3.8) is 0 Å². The molecule has 134 valence electrons. The van der Waals surface area contributed by atoms with E-state index in [9.17, 15) is 4.79 Å². The summed E-state index contributed by atoms with van der Waals surface area (Å²) in [5, 5.41) is 5.79. The minimum Gasteiger partial charge on any atom is -0.484 e. The summed E-state index contributed by atoms with van der Waals surface area (Å²) >= 11 is 1.58. The van der Waals surface area contributed by atoms with Crippen LogP contribution in [0.5, 0.6) is 17.4 Å². The number of rotatable bonds is 8. The van der Waals surface area contributed by atoms with Gasteiger partial charge in [0.1, 0.15) is 11.5 Å². The second-order valence-electron chi connectivity index (χ2n) is 5.61. The quantitative estimate of drug-likeness (QED) is 0.656. The smallest absolute Gasteiger partial charge is 0.257 e. The highest BCUT2D eigenvalue weighted by Gasteiger charge is 2.10. The molecule has 0 radical (unpaired) electrons. The third kappa shape index (κ3) is 5.29. The van der Waals surface area contributed by atoms with Gasteiger partial charge in [0.2, 0.25) is 5.88 Å². The lowest BCUT2D eigenvalue weighted by atomic mass is 10.2. The molecule has 0 bridgehead atoms. The highest BCUT2D eigenvalue weighted by atomic mass is 32.1. The molecule has 0 fully saturated rings.